The third-order valence-electron chi connectivity index (χ3n) is 4.20. The minimum absolute atomic E-state index is 0.360. The van der Waals surface area contributed by atoms with Gasteiger partial charge in [0.05, 0.1) is 0 Å². The van der Waals surface area contributed by atoms with Crippen molar-refractivity contribution in [3.05, 3.63) is 72.2 Å². The van der Waals surface area contributed by atoms with Gasteiger partial charge in [-0.05, 0) is 24.3 Å². The molecule has 0 saturated carbocycles. The summed E-state index contributed by atoms with van der Waals surface area (Å²) in [7, 11) is 0. The molecule has 2 rings (SSSR count). The summed E-state index contributed by atoms with van der Waals surface area (Å²) in [6.07, 6.45) is -21.1. The van der Waals surface area contributed by atoms with E-state index in [4.69, 9.17) is 0 Å². The predicted octanol–water partition coefficient (Wildman–Crippen LogP) is 6.96. The quantitative estimate of drug-likeness (QED) is 0.223. The highest BCUT2D eigenvalue weighted by atomic mass is 19.4. The summed E-state index contributed by atoms with van der Waals surface area (Å²) in [5.74, 6) is -13.9. The molecule has 35 heavy (non-hydrogen) atoms. The van der Waals surface area contributed by atoms with Crippen LogP contribution in [0.3, 0.4) is 0 Å². The largest absolute Gasteiger partial charge is 0.466 e. The van der Waals surface area contributed by atoms with Gasteiger partial charge in [-0.2, -0.15) is 52.7 Å². The van der Waals surface area contributed by atoms with E-state index in [0.29, 0.717) is 24.3 Å². The summed E-state index contributed by atoms with van der Waals surface area (Å²) in [6, 6.07) is 4.50. The highest BCUT2D eigenvalue weighted by Gasteiger charge is 2.86. The van der Waals surface area contributed by atoms with E-state index >= 15 is 0 Å². The summed E-state index contributed by atoms with van der Waals surface area (Å²) in [6.45, 7) is 0. The zero-order valence-electron chi connectivity index (χ0n) is 16.5. The maximum atomic E-state index is 14.8. The first-order valence-electron chi connectivity index (χ1n) is 8.86. The molecule has 0 aliphatic heterocycles. The van der Waals surface area contributed by atoms with E-state index in [9.17, 15) is 57.5 Å². The Kier molecular flexibility index (Phi) is 7.43. The standard InChI is InChI=1S/C20H10F12O3/c21-15(34-11-7-3-1-4-8-11)13(14(33)17(22,23)24)16(19(27,28)29,18(25,26)20(30,31)32)35-12-9-5-2-6-10-12/h1-10H/b15-13+. The molecule has 0 bridgehead atoms. The van der Waals surface area contributed by atoms with E-state index < -0.39 is 58.9 Å². The molecule has 192 valence electrons. The average Bonchev–Trinajstić information content (AvgIpc) is 2.72. The van der Waals surface area contributed by atoms with E-state index in [1.165, 1.54) is 6.07 Å². The van der Waals surface area contributed by atoms with Crippen molar-refractivity contribution in [2.24, 2.45) is 0 Å². The maximum Gasteiger partial charge on any atom is 0.458 e. The molecule has 0 amide bonds. The summed E-state index contributed by atoms with van der Waals surface area (Å²) >= 11 is 0. The van der Waals surface area contributed by atoms with Crippen LogP contribution in [0.1, 0.15) is 0 Å². The number of ether oxygens (including phenoxy) is 2. The Morgan fingerprint density at radius 3 is 1.43 bits per heavy atom. The van der Waals surface area contributed by atoms with Gasteiger partial charge < -0.3 is 9.47 Å². The lowest BCUT2D eigenvalue weighted by molar-refractivity contribution is -0.383. The van der Waals surface area contributed by atoms with Crippen LogP contribution in [0, 0.1) is 0 Å². The Balaban J connectivity index is 3.06. The number of hydrogen-bond donors (Lipinski definition) is 0. The van der Waals surface area contributed by atoms with Gasteiger partial charge in [-0.15, -0.1) is 0 Å². The number of para-hydroxylation sites is 2. The lowest BCUT2D eigenvalue weighted by atomic mass is 9.82. The molecule has 3 nitrogen and oxygen atoms in total. The van der Waals surface area contributed by atoms with E-state index in [1.807, 2.05) is 0 Å². The second kappa shape index (κ2) is 9.34. The Labute approximate surface area is 187 Å². The molecule has 0 saturated heterocycles. The maximum absolute atomic E-state index is 14.8. The monoisotopic (exact) mass is 526 g/mol. The van der Waals surface area contributed by atoms with Crippen molar-refractivity contribution in [3.8, 4) is 11.5 Å². The molecular formula is C20H10F12O3. The van der Waals surface area contributed by atoms with Gasteiger partial charge in [-0.3, -0.25) is 4.79 Å². The van der Waals surface area contributed by atoms with Crippen LogP contribution in [0.2, 0.25) is 0 Å². The first-order valence-corrected chi connectivity index (χ1v) is 8.86. The number of carbonyl (C=O) groups is 1. The smallest absolute Gasteiger partial charge is 0.458 e. The molecule has 1 atom stereocenters. The lowest BCUT2D eigenvalue weighted by Gasteiger charge is -2.42. The predicted molar refractivity (Wildman–Crippen MR) is 93.1 cm³/mol. The van der Waals surface area contributed by atoms with E-state index in [-0.39, 0.29) is 0 Å². The van der Waals surface area contributed by atoms with Gasteiger partial charge in [0, 0.05) is 0 Å². The molecule has 0 spiro atoms. The van der Waals surface area contributed by atoms with Crippen LogP contribution in [-0.4, -0.2) is 35.8 Å². The van der Waals surface area contributed by atoms with E-state index in [0.717, 1.165) is 30.3 Å². The molecule has 0 N–H and O–H groups in total. The van der Waals surface area contributed by atoms with Crippen molar-refractivity contribution < 1.29 is 67.0 Å². The molecule has 0 aliphatic rings. The summed E-state index contributed by atoms with van der Waals surface area (Å²) in [5.41, 5.74) is -10.4. The molecule has 0 aliphatic carbocycles. The van der Waals surface area contributed by atoms with Crippen LogP contribution in [0.4, 0.5) is 52.7 Å². The normalized spacial score (nSPS) is 15.7. The average molecular weight is 526 g/mol. The molecule has 2 aromatic carbocycles. The summed E-state index contributed by atoms with van der Waals surface area (Å²) in [5, 5.41) is 0. The Hall–Kier alpha value is -3.39. The first kappa shape index (κ1) is 27.9. The lowest BCUT2D eigenvalue weighted by Crippen LogP contribution is -2.70. The third kappa shape index (κ3) is 5.32. The van der Waals surface area contributed by atoms with Crippen molar-refractivity contribution in [2.75, 3.05) is 0 Å². The van der Waals surface area contributed by atoms with Gasteiger partial charge in [0.1, 0.15) is 17.1 Å². The van der Waals surface area contributed by atoms with Crippen LogP contribution in [0.5, 0.6) is 11.5 Å². The highest BCUT2D eigenvalue weighted by Crippen LogP contribution is 2.57. The zero-order valence-corrected chi connectivity index (χ0v) is 16.5. The van der Waals surface area contributed by atoms with Crippen LogP contribution < -0.4 is 9.47 Å². The van der Waals surface area contributed by atoms with Gasteiger partial charge in [0.15, 0.2) is 0 Å². The van der Waals surface area contributed by atoms with Crippen molar-refractivity contribution >= 4 is 5.78 Å². The Morgan fingerprint density at radius 1 is 0.629 bits per heavy atom. The number of carbonyl (C=O) groups excluding carboxylic acids is 1. The SMILES string of the molecule is O=C(/C(=C(/F)Oc1ccccc1)C(Oc1ccccc1)(C(F)(F)F)C(F)(F)C(F)(F)F)C(F)(F)F. The van der Waals surface area contributed by atoms with Crippen LogP contribution in [0.25, 0.3) is 0 Å². The zero-order chi connectivity index (χ0) is 26.9. The number of alkyl halides is 11. The van der Waals surface area contributed by atoms with Crippen LogP contribution in [0.15, 0.2) is 72.2 Å². The summed E-state index contributed by atoms with van der Waals surface area (Å²) < 4.78 is 174. The number of halogens is 12. The van der Waals surface area contributed by atoms with Gasteiger partial charge >= 0.3 is 30.1 Å². The second-order valence-electron chi connectivity index (χ2n) is 6.56. The highest BCUT2D eigenvalue weighted by molar-refractivity contribution is 6.02. The van der Waals surface area contributed by atoms with Crippen molar-refractivity contribution in [3.63, 3.8) is 0 Å². The molecule has 0 fully saturated rings. The van der Waals surface area contributed by atoms with E-state index in [2.05, 4.69) is 9.47 Å². The molecular weight excluding hydrogens is 516 g/mol. The molecule has 15 heteroatoms. The number of ketones is 1. The van der Waals surface area contributed by atoms with Crippen molar-refractivity contribution in [2.45, 2.75) is 30.1 Å². The molecule has 0 radical (unpaired) electrons. The van der Waals surface area contributed by atoms with Gasteiger partial charge in [0.2, 0.25) is 0 Å². The van der Waals surface area contributed by atoms with Crippen LogP contribution >= 0.6 is 0 Å². The Bertz CT molecular complexity index is 1060. The van der Waals surface area contributed by atoms with Crippen molar-refractivity contribution in [1.82, 2.24) is 0 Å². The third-order valence-corrected chi connectivity index (χ3v) is 4.20. The molecule has 0 heterocycles. The van der Waals surface area contributed by atoms with E-state index in [1.54, 1.807) is 0 Å². The number of Topliss-reactive ketones (excluding diaryl/α,β-unsaturated/α-hetero) is 1. The fourth-order valence-corrected chi connectivity index (χ4v) is 2.69. The van der Waals surface area contributed by atoms with Crippen LogP contribution in [-0.2, 0) is 4.79 Å². The fourth-order valence-electron chi connectivity index (χ4n) is 2.69. The van der Waals surface area contributed by atoms with Gasteiger partial charge in [-0.1, -0.05) is 36.4 Å². The topological polar surface area (TPSA) is 35.5 Å². The Morgan fingerprint density at radius 2 is 1.06 bits per heavy atom. The number of rotatable bonds is 7. The second-order valence-corrected chi connectivity index (χ2v) is 6.56. The fraction of sp³-hybridized carbons (Fsp3) is 0.250. The first-order chi connectivity index (χ1) is 15.9. The minimum atomic E-state index is -7.36. The molecule has 0 aromatic heterocycles. The van der Waals surface area contributed by atoms with Gasteiger partial charge in [-0.25, -0.2) is 0 Å². The number of benzene rings is 2. The van der Waals surface area contributed by atoms with Crippen molar-refractivity contribution in [1.29, 1.82) is 0 Å². The number of hydrogen-bond acceptors (Lipinski definition) is 3. The van der Waals surface area contributed by atoms with Gasteiger partial charge in [0.25, 0.3) is 11.8 Å². The molecule has 2 aromatic rings. The minimum Gasteiger partial charge on any atom is -0.466 e. The molecule has 1 unspecified atom stereocenters. The summed E-state index contributed by atoms with van der Waals surface area (Å²) in [4.78, 5) is 11.9.